The third-order valence-electron chi connectivity index (χ3n) is 3.84. The molecule has 1 fully saturated rings. The van der Waals surface area contributed by atoms with Crippen LogP contribution in [0.25, 0.3) is 0 Å². The van der Waals surface area contributed by atoms with E-state index in [4.69, 9.17) is 4.74 Å². The maximum Gasteiger partial charge on any atom is 0.226 e. The van der Waals surface area contributed by atoms with Gasteiger partial charge in [-0.05, 0) is 37.1 Å². The molecule has 0 bridgehead atoms. The Morgan fingerprint density at radius 2 is 2.11 bits per heavy atom. The van der Waals surface area contributed by atoms with Gasteiger partial charge in [0.1, 0.15) is 0 Å². The van der Waals surface area contributed by atoms with Crippen LogP contribution in [0.4, 0.5) is 11.4 Å². The molecule has 1 N–H and O–H groups in total. The summed E-state index contributed by atoms with van der Waals surface area (Å²) in [5.41, 5.74) is 4.54. The summed E-state index contributed by atoms with van der Waals surface area (Å²) in [6.07, 6.45) is 0.507. The lowest BCUT2D eigenvalue weighted by Gasteiger charge is -2.36. The number of benzene rings is 1. The fourth-order valence-corrected chi connectivity index (χ4v) is 2.70. The zero-order valence-corrected chi connectivity index (χ0v) is 10.8. The van der Waals surface area contributed by atoms with Crippen molar-refractivity contribution in [2.45, 2.75) is 26.3 Å². The summed E-state index contributed by atoms with van der Waals surface area (Å²) in [5, 5.41) is 3.01. The number of hydrogen-bond donors (Lipinski definition) is 1. The lowest BCUT2D eigenvalue weighted by Crippen LogP contribution is -2.45. The molecule has 0 aliphatic carbocycles. The Kier molecular flexibility index (Phi) is 2.74. The third kappa shape index (κ3) is 1.86. The molecule has 1 aromatic rings. The number of anilines is 2. The third-order valence-corrected chi connectivity index (χ3v) is 3.84. The lowest BCUT2D eigenvalue weighted by atomic mass is 10.1. The fourth-order valence-electron chi connectivity index (χ4n) is 2.70. The number of nitrogens with zero attached hydrogens (tertiary/aromatic N) is 1. The number of nitrogens with one attached hydrogen (secondary N) is 1. The van der Waals surface area contributed by atoms with Crippen molar-refractivity contribution in [2.24, 2.45) is 0 Å². The number of aryl methyl sites for hydroxylation is 2. The number of amides is 1. The summed E-state index contributed by atoms with van der Waals surface area (Å²) in [6.45, 7) is 6.41. The Hall–Kier alpha value is -1.55. The molecule has 0 saturated carbocycles. The smallest absolute Gasteiger partial charge is 0.226 e. The van der Waals surface area contributed by atoms with Gasteiger partial charge in [-0.25, -0.2) is 0 Å². The number of ether oxygens (including phenoxy) is 1. The van der Waals surface area contributed by atoms with Crippen LogP contribution >= 0.6 is 0 Å². The van der Waals surface area contributed by atoms with E-state index in [0.717, 1.165) is 24.5 Å². The Bertz CT molecular complexity index is 499. The summed E-state index contributed by atoms with van der Waals surface area (Å²) in [6, 6.07) is 4.41. The van der Waals surface area contributed by atoms with Gasteiger partial charge >= 0.3 is 0 Å². The van der Waals surface area contributed by atoms with Gasteiger partial charge in [0.05, 0.1) is 30.6 Å². The van der Waals surface area contributed by atoms with Crippen LogP contribution < -0.4 is 10.2 Å². The minimum absolute atomic E-state index is 0.0810. The average molecular weight is 246 g/mol. The minimum atomic E-state index is 0.0810. The first-order chi connectivity index (χ1) is 8.65. The largest absolute Gasteiger partial charge is 0.377 e. The predicted molar refractivity (Wildman–Crippen MR) is 71.1 cm³/mol. The number of carbonyl (C=O) groups excluding carboxylic acids is 1. The summed E-state index contributed by atoms with van der Waals surface area (Å²) in [4.78, 5) is 14.2. The molecule has 96 valence electrons. The summed E-state index contributed by atoms with van der Waals surface area (Å²) in [5.74, 6) is 0.0810. The van der Waals surface area contributed by atoms with Crippen molar-refractivity contribution in [3.8, 4) is 0 Å². The Balaban J connectivity index is 2.09. The zero-order chi connectivity index (χ0) is 12.7. The summed E-state index contributed by atoms with van der Waals surface area (Å²) in [7, 11) is 0. The van der Waals surface area contributed by atoms with E-state index < -0.39 is 0 Å². The number of hydrogen-bond acceptors (Lipinski definition) is 3. The first-order valence-corrected chi connectivity index (χ1v) is 6.40. The average Bonchev–Trinajstić information content (AvgIpc) is 2.46. The van der Waals surface area contributed by atoms with Crippen molar-refractivity contribution in [1.29, 1.82) is 0 Å². The molecule has 0 radical (unpaired) electrons. The second-order valence-corrected chi connectivity index (χ2v) is 5.13. The molecule has 0 spiro atoms. The van der Waals surface area contributed by atoms with E-state index in [9.17, 15) is 4.79 Å². The van der Waals surface area contributed by atoms with Gasteiger partial charge in [-0.1, -0.05) is 0 Å². The van der Waals surface area contributed by atoms with Crippen LogP contribution in [0, 0.1) is 13.8 Å². The van der Waals surface area contributed by atoms with E-state index >= 15 is 0 Å². The van der Waals surface area contributed by atoms with E-state index in [2.05, 4.69) is 36.2 Å². The standard InChI is InChI=1S/C14H18N2O2/c1-9-5-12-13(6-10(9)2)16-3-4-18-8-11(16)7-14(17)15-12/h5-6,11H,3-4,7-8H2,1-2H3,(H,15,17). The molecule has 2 aliphatic heterocycles. The van der Waals surface area contributed by atoms with E-state index in [0.29, 0.717) is 13.0 Å². The molecule has 1 amide bonds. The Morgan fingerprint density at radius 3 is 2.94 bits per heavy atom. The summed E-state index contributed by atoms with van der Waals surface area (Å²) < 4.78 is 5.49. The van der Waals surface area contributed by atoms with Crippen LogP contribution in [0.1, 0.15) is 17.5 Å². The van der Waals surface area contributed by atoms with Crippen LogP contribution in [0.15, 0.2) is 12.1 Å². The van der Waals surface area contributed by atoms with Crippen molar-refractivity contribution in [1.82, 2.24) is 0 Å². The molecule has 2 aliphatic rings. The van der Waals surface area contributed by atoms with Crippen molar-refractivity contribution >= 4 is 17.3 Å². The molecule has 18 heavy (non-hydrogen) atoms. The normalized spacial score (nSPS) is 22.9. The SMILES string of the molecule is Cc1cc2c(cc1C)N1CCOCC1CC(=O)N2. The molecule has 1 aromatic carbocycles. The Labute approximate surface area is 107 Å². The maximum atomic E-state index is 11.9. The highest BCUT2D eigenvalue weighted by atomic mass is 16.5. The maximum absolute atomic E-state index is 11.9. The highest BCUT2D eigenvalue weighted by Crippen LogP contribution is 2.34. The molecule has 3 rings (SSSR count). The number of morpholine rings is 1. The fraction of sp³-hybridized carbons (Fsp3) is 0.500. The van der Waals surface area contributed by atoms with Gasteiger partial charge in [0.15, 0.2) is 0 Å². The van der Waals surface area contributed by atoms with Crippen molar-refractivity contribution in [2.75, 3.05) is 30.0 Å². The second-order valence-electron chi connectivity index (χ2n) is 5.13. The highest BCUT2D eigenvalue weighted by Gasteiger charge is 2.30. The van der Waals surface area contributed by atoms with Gasteiger partial charge in [0, 0.05) is 13.0 Å². The molecule has 2 heterocycles. The van der Waals surface area contributed by atoms with E-state index in [1.807, 2.05) is 0 Å². The van der Waals surface area contributed by atoms with Crippen LogP contribution in [-0.2, 0) is 9.53 Å². The summed E-state index contributed by atoms with van der Waals surface area (Å²) >= 11 is 0. The second kappa shape index (κ2) is 4.28. The van der Waals surface area contributed by atoms with Gasteiger partial charge in [-0.3, -0.25) is 4.79 Å². The molecule has 1 saturated heterocycles. The van der Waals surface area contributed by atoms with Gasteiger partial charge in [0.2, 0.25) is 5.91 Å². The zero-order valence-electron chi connectivity index (χ0n) is 10.8. The van der Waals surface area contributed by atoms with Crippen LogP contribution in [0.2, 0.25) is 0 Å². The molecule has 0 aromatic heterocycles. The lowest BCUT2D eigenvalue weighted by molar-refractivity contribution is -0.116. The highest BCUT2D eigenvalue weighted by molar-refractivity contribution is 5.97. The van der Waals surface area contributed by atoms with E-state index in [1.165, 1.54) is 11.1 Å². The van der Waals surface area contributed by atoms with Gasteiger partial charge < -0.3 is 15.0 Å². The number of fused-ring (bicyclic) bond motifs is 3. The molecular formula is C14H18N2O2. The van der Waals surface area contributed by atoms with Gasteiger partial charge in [-0.15, -0.1) is 0 Å². The van der Waals surface area contributed by atoms with Gasteiger partial charge in [-0.2, -0.15) is 0 Å². The quantitative estimate of drug-likeness (QED) is 0.759. The predicted octanol–water partition coefficient (Wildman–Crippen LogP) is 1.85. The number of carbonyl (C=O) groups is 1. The number of rotatable bonds is 0. The first kappa shape index (κ1) is 11.5. The van der Waals surface area contributed by atoms with E-state index in [1.54, 1.807) is 0 Å². The molecule has 1 unspecified atom stereocenters. The molecule has 4 heteroatoms. The molecule has 1 atom stereocenters. The van der Waals surface area contributed by atoms with Crippen molar-refractivity contribution < 1.29 is 9.53 Å². The minimum Gasteiger partial charge on any atom is -0.377 e. The van der Waals surface area contributed by atoms with Crippen LogP contribution in [0.3, 0.4) is 0 Å². The van der Waals surface area contributed by atoms with Crippen molar-refractivity contribution in [3.63, 3.8) is 0 Å². The first-order valence-electron chi connectivity index (χ1n) is 6.40. The van der Waals surface area contributed by atoms with Crippen LogP contribution in [0.5, 0.6) is 0 Å². The monoisotopic (exact) mass is 246 g/mol. The van der Waals surface area contributed by atoms with Crippen LogP contribution in [-0.4, -0.2) is 31.7 Å². The molecule has 4 nitrogen and oxygen atoms in total. The van der Waals surface area contributed by atoms with Crippen molar-refractivity contribution in [3.05, 3.63) is 23.3 Å². The molecular weight excluding hydrogens is 228 g/mol. The van der Waals surface area contributed by atoms with Gasteiger partial charge in [0.25, 0.3) is 0 Å². The Morgan fingerprint density at radius 1 is 1.33 bits per heavy atom. The topological polar surface area (TPSA) is 41.6 Å². The van der Waals surface area contributed by atoms with E-state index in [-0.39, 0.29) is 11.9 Å².